The second kappa shape index (κ2) is 6.88. The average molecular weight is 352 g/mol. The maximum absolute atomic E-state index is 3.62. The molecule has 1 heterocycles. The molecule has 2 aromatic rings. The Morgan fingerprint density at radius 1 is 1.20 bits per heavy atom. The maximum Gasteiger partial charge on any atom is 0.0438 e. The van der Waals surface area contributed by atoms with Crippen molar-refractivity contribution in [3.8, 4) is 10.4 Å². The predicted molar refractivity (Wildman–Crippen MR) is 93.4 cm³/mol. The number of benzene rings is 1. The van der Waals surface area contributed by atoms with Crippen LogP contribution in [0.4, 0.5) is 0 Å². The molecule has 0 saturated carbocycles. The summed E-state index contributed by atoms with van der Waals surface area (Å²) in [6, 6.07) is 11.4. The lowest BCUT2D eigenvalue weighted by Crippen LogP contribution is -2.24. The monoisotopic (exact) mass is 351 g/mol. The molecule has 0 spiro atoms. The van der Waals surface area contributed by atoms with E-state index in [1.165, 1.54) is 25.4 Å². The molecule has 1 nitrogen and oxygen atoms in total. The molecule has 2 rings (SSSR count). The van der Waals surface area contributed by atoms with Gasteiger partial charge in [-0.15, -0.1) is 11.3 Å². The van der Waals surface area contributed by atoms with Crippen molar-refractivity contribution < 1.29 is 0 Å². The van der Waals surface area contributed by atoms with Gasteiger partial charge in [-0.2, -0.15) is 0 Å². The van der Waals surface area contributed by atoms with Gasteiger partial charge in [-0.1, -0.05) is 48.8 Å². The van der Waals surface area contributed by atoms with Crippen LogP contribution in [0.15, 0.2) is 34.8 Å². The van der Waals surface area contributed by atoms with Crippen molar-refractivity contribution >= 4 is 27.3 Å². The molecule has 0 aliphatic carbocycles. The Morgan fingerprint density at radius 2 is 1.95 bits per heavy atom. The van der Waals surface area contributed by atoms with Crippen molar-refractivity contribution in [1.82, 2.24) is 5.32 Å². The first-order valence-electron chi connectivity index (χ1n) is 7.13. The van der Waals surface area contributed by atoms with E-state index in [-0.39, 0.29) is 0 Å². The van der Waals surface area contributed by atoms with E-state index in [1.807, 2.05) is 11.3 Å². The van der Waals surface area contributed by atoms with Crippen LogP contribution in [0.2, 0.25) is 0 Å². The molecular weight excluding hydrogens is 330 g/mol. The lowest BCUT2D eigenvalue weighted by atomic mass is 10.0. The minimum atomic E-state index is 0.450. The lowest BCUT2D eigenvalue weighted by Gasteiger charge is -2.20. The molecule has 0 aliphatic rings. The minimum Gasteiger partial charge on any atom is -0.309 e. The summed E-state index contributed by atoms with van der Waals surface area (Å²) in [5, 5.41) is 3.59. The minimum absolute atomic E-state index is 0.450. The van der Waals surface area contributed by atoms with Crippen LogP contribution in [0.5, 0.6) is 0 Å². The van der Waals surface area contributed by atoms with Gasteiger partial charge in [0.05, 0.1) is 0 Å². The van der Waals surface area contributed by atoms with E-state index >= 15 is 0 Å². The topological polar surface area (TPSA) is 12.0 Å². The molecule has 108 valence electrons. The molecule has 1 unspecified atom stereocenters. The Morgan fingerprint density at radius 3 is 2.60 bits per heavy atom. The molecule has 0 fully saturated rings. The third-order valence-electron chi connectivity index (χ3n) is 3.56. The van der Waals surface area contributed by atoms with Crippen molar-refractivity contribution in [3.63, 3.8) is 0 Å². The second-order valence-corrected chi connectivity index (χ2v) is 7.36. The van der Waals surface area contributed by atoms with Gasteiger partial charge in [-0.05, 0) is 48.7 Å². The molecule has 1 aromatic heterocycles. The number of thiophene rings is 1. The van der Waals surface area contributed by atoms with Gasteiger partial charge >= 0.3 is 0 Å². The van der Waals surface area contributed by atoms with E-state index in [2.05, 4.69) is 79.3 Å². The number of hydrogen-bond acceptors (Lipinski definition) is 2. The SMILES string of the molecule is CCNC(c1ccc(-c2cccc(Br)c2C)s1)C(C)C. The summed E-state index contributed by atoms with van der Waals surface area (Å²) in [5.74, 6) is 0.602. The summed E-state index contributed by atoms with van der Waals surface area (Å²) >= 11 is 5.52. The molecule has 0 aliphatic heterocycles. The highest BCUT2D eigenvalue weighted by molar-refractivity contribution is 9.10. The summed E-state index contributed by atoms with van der Waals surface area (Å²) in [6.45, 7) is 9.89. The summed E-state index contributed by atoms with van der Waals surface area (Å²) in [5.41, 5.74) is 2.64. The van der Waals surface area contributed by atoms with Crippen LogP contribution in [-0.2, 0) is 0 Å². The zero-order chi connectivity index (χ0) is 14.7. The van der Waals surface area contributed by atoms with Gasteiger partial charge in [0, 0.05) is 20.3 Å². The molecule has 0 saturated heterocycles. The third kappa shape index (κ3) is 3.33. The molecule has 1 atom stereocenters. The summed E-state index contributed by atoms with van der Waals surface area (Å²) in [7, 11) is 0. The van der Waals surface area contributed by atoms with Gasteiger partial charge in [0.2, 0.25) is 0 Å². The van der Waals surface area contributed by atoms with Crippen LogP contribution in [0, 0.1) is 12.8 Å². The van der Waals surface area contributed by atoms with Gasteiger partial charge < -0.3 is 5.32 Å². The van der Waals surface area contributed by atoms with Gasteiger partial charge in [-0.25, -0.2) is 0 Å². The molecule has 0 amide bonds. The fraction of sp³-hybridized carbons (Fsp3) is 0.412. The fourth-order valence-electron chi connectivity index (χ4n) is 2.42. The second-order valence-electron chi connectivity index (χ2n) is 5.39. The smallest absolute Gasteiger partial charge is 0.0438 e. The summed E-state index contributed by atoms with van der Waals surface area (Å²) in [6.07, 6.45) is 0. The van der Waals surface area contributed by atoms with Crippen LogP contribution >= 0.6 is 27.3 Å². The molecule has 0 bridgehead atoms. The van der Waals surface area contributed by atoms with Crippen LogP contribution in [-0.4, -0.2) is 6.54 Å². The van der Waals surface area contributed by atoms with Crippen molar-refractivity contribution in [2.45, 2.75) is 33.7 Å². The van der Waals surface area contributed by atoms with Gasteiger partial charge in [-0.3, -0.25) is 0 Å². The summed E-state index contributed by atoms with van der Waals surface area (Å²) in [4.78, 5) is 2.78. The van der Waals surface area contributed by atoms with E-state index in [4.69, 9.17) is 0 Å². The van der Waals surface area contributed by atoms with Crippen LogP contribution in [0.3, 0.4) is 0 Å². The first-order valence-corrected chi connectivity index (χ1v) is 8.74. The predicted octanol–water partition coefficient (Wildman–Crippen LogP) is 5.79. The molecule has 20 heavy (non-hydrogen) atoms. The Kier molecular flexibility index (Phi) is 5.42. The fourth-order valence-corrected chi connectivity index (χ4v) is 4.13. The van der Waals surface area contributed by atoms with Gasteiger partial charge in [0.1, 0.15) is 0 Å². The van der Waals surface area contributed by atoms with E-state index in [9.17, 15) is 0 Å². The third-order valence-corrected chi connectivity index (χ3v) is 5.62. The Bertz CT molecular complexity index is 574. The lowest BCUT2D eigenvalue weighted by molar-refractivity contribution is 0.428. The molecule has 3 heteroatoms. The molecule has 1 N–H and O–H groups in total. The molecule has 1 aromatic carbocycles. The van der Waals surface area contributed by atoms with E-state index < -0.39 is 0 Å². The molecular formula is C17H22BrNS. The largest absolute Gasteiger partial charge is 0.309 e. The van der Waals surface area contributed by atoms with E-state index in [0.29, 0.717) is 12.0 Å². The number of nitrogens with one attached hydrogen (secondary N) is 1. The highest BCUT2D eigenvalue weighted by atomic mass is 79.9. The van der Waals surface area contributed by atoms with Crippen molar-refractivity contribution in [2.24, 2.45) is 5.92 Å². The Labute approximate surface area is 134 Å². The van der Waals surface area contributed by atoms with Crippen molar-refractivity contribution in [1.29, 1.82) is 0 Å². The standard InChI is InChI=1S/C17H22BrNS/c1-5-19-17(11(2)3)16-10-9-15(20-16)13-7-6-8-14(18)12(13)4/h6-11,17,19H,5H2,1-4H3. The first kappa shape index (κ1) is 15.7. The van der Waals surface area contributed by atoms with Crippen molar-refractivity contribution in [3.05, 3.63) is 45.2 Å². The number of halogens is 1. The average Bonchev–Trinajstić information content (AvgIpc) is 2.88. The number of rotatable bonds is 5. The highest BCUT2D eigenvalue weighted by Crippen LogP contribution is 2.37. The zero-order valence-corrected chi connectivity index (χ0v) is 14.9. The van der Waals surface area contributed by atoms with Gasteiger partial charge in [0.15, 0.2) is 0 Å². The normalized spacial score (nSPS) is 12.9. The van der Waals surface area contributed by atoms with Crippen molar-refractivity contribution in [2.75, 3.05) is 6.54 Å². The van der Waals surface area contributed by atoms with Gasteiger partial charge in [0.25, 0.3) is 0 Å². The van der Waals surface area contributed by atoms with Crippen LogP contribution < -0.4 is 5.32 Å². The van der Waals surface area contributed by atoms with Crippen LogP contribution in [0.1, 0.15) is 37.3 Å². The Hall–Kier alpha value is -0.640. The zero-order valence-electron chi connectivity index (χ0n) is 12.5. The molecule has 0 radical (unpaired) electrons. The van der Waals surface area contributed by atoms with Crippen LogP contribution in [0.25, 0.3) is 10.4 Å². The number of hydrogen-bond donors (Lipinski definition) is 1. The Balaban J connectivity index is 2.35. The maximum atomic E-state index is 3.62. The quantitative estimate of drug-likeness (QED) is 0.718. The first-order chi connectivity index (χ1) is 9.54. The summed E-state index contributed by atoms with van der Waals surface area (Å²) < 4.78 is 1.18. The van der Waals surface area contributed by atoms with E-state index in [0.717, 1.165) is 6.54 Å². The highest BCUT2D eigenvalue weighted by Gasteiger charge is 2.17. The van der Waals surface area contributed by atoms with E-state index in [1.54, 1.807) is 0 Å².